The molecule has 1 saturated heterocycles. The molecule has 5 atom stereocenters. The van der Waals surface area contributed by atoms with Gasteiger partial charge in [-0.05, 0) is 34.9 Å². The van der Waals surface area contributed by atoms with Crippen molar-refractivity contribution in [2.24, 2.45) is 0 Å². The van der Waals surface area contributed by atoms with Crippen LogP contribution in [0, 0.1) is 0 Å². The molecule has 6 aromatic rings. The van der Waals surface area contributed by atoms with Gasteiger partial charge in [0.1, 0.15) is 6.10 Å². The second kappa shape index (κ2) is 18.8. The second-order valence-electron chi connectivity index (χ2n) is 13.2. The summed E-state index contributed by atoms with van der Waals surface area (Å²) in [6.45, 7) is -0.680. The van der Waals surface area contributed by atoms with E-state index in [2.05, 4.69) is 16.0 Å². The van der Waals surface area contributed by atoms with Crippen molar-refractivity contribution in [1.82, 2.24) is 0 Å². The van der Waals surface area contributed by atoms with E-state index in [0.29, 0.717) is 22.6 Å². The Morgan fingerprint density at radius 2 is 0.810 bits per heavy atom. The summed E-state index contributed by atoms with van der Waals surface area (Å²) in [5.74, 6) is 0. The van der Waals surface area contributed by atoms with Gasteiger partial charge < -0.3 is 28.8 Å². The van der Waals surface area contributed by atoms with E-state index >= 15 is 0 Å². The molecule has 1 aliphatic rings. The minimum Gasteiger partial charge on any atom is -0.439 e. The number of methoxy groups -OCH3 is 1. The molecule has 58 heavy (non-hydrogen) atoms. The van der Waals surface area contributed by atoms with Gasteiger partial charge in [-0.15, -0.1) is 0 Å². The van der Waals surface area contributed by atoms with Crippen molar-refractivity contribution in [3.8, 4) is 33.4 Å². The molecule has 0 spiro atoms. The molecule has 4 N–H and O–H groups in total. The Hall–Kier alpha value is -6.99. The van der Waals surface area contributed by atoms with Crippen molar-refractivity contribution in [1.29, 1.82) is 0 Å². The van der Waals surface area contributed by atoms with E-state index in [0.717, 1.165) is 27.8 Å². The van der Waals surface area contributed by atoms with Crippen LogP contribution in [0.15, 0.2) is 164 Å². The number of benzene rings is 6. The zero-order valence-electron chi connectivity index (χ0n) is 31.4. The van der Waals surface area contributed by atoms with Crippen LogP contribution in [0.1, 0.15) is 0 Å². The normalized spacial score (nSPS) is 18.6. The first-order valence-electron chi connectivity index (χ1n) is 18.6. The monoisotopic (exact) mass is 779 g/mol. The van der Waals surface area contributed by atoms with Crippen LogP contribution in [0.3, 0.4) is 0 Å². The number of rotatable bonds is 11. The lowest BCUT2D eigenvalue weighted by atomic mass is 9.98. The number of ether oxygens (including phenoxy) is 5. The maximum Gasteiger partial charge on any atom is 0.412 e. The summed E-state index contributed by atoms with van der Waals surface area (Å²) in [4.78, 5) is 41.5. The average Bonchev–Trinajstić information content (AvgIpc) is 3.26. The quantitative estimate of drug-likeness (QED) is 0.0943. The average molecular weight is 780 g/mol. The molecule has 12 heteroatoms. The fourth-order valence-corrected chi connectivity index (χ4v) is 6.79. The molecular formula is C46H41N3O9. The number of para-hydroxylation sites is 3. The van der Waals surface area contributed by atoms with Crippen molar-refractivity contribution in [3.63, 3.8) is 0 Å². The van der Waals surface area contributed by atoms with Crippen molar-refractivity contribution < 1.29 is 43.2 Å². The van der Waals surface area contributed by atoms with E-state index in [1.807, 2.05) is 127 Å². The van der Waals surface area contributed by atoms with Gasteiger partial charge in [0.25, 0.3) is 0 Å². The molecule has 0 bridgehead atoms. The van der Waals surface area contributed by atoms with Gasteiger partial charge in [-0.25, -0.2) is 14.4 Å². The molecule has 0 unspecified atom stereocenters. The number of carbonyl (C=O) groups excluding carboxylic acids is 3. The summed E-state index contributed by atoms with van der Waals surface area (Å²) in [5.41, 5.74) is 5.98. The van der Waals surface area contributed by atoms with Crippen LogP contribution in [0.5, 0.6) is 0 Å². The number of hydrogen-bond acceptors (Lipinski definition) is 9. The van der Waals surface area contributed by atoms with Crippen molar-refractivity contribution in [3.05, 3.63) is 164 Å². The fraction of sp³-hybridized carbons (Fsp3) is 0.152. The van der Waals surface area contributed by atoms with Crippen LogP contribution < -0.4 is 16.0 Å². The third-order valence-corrected chi connectivity index (χ3v) is 9.48. The van der Waals surface area contributed by atoms with Crippen molar-refractivity contribution >= 4 is 35.3 Å². The largest absolute Gasteiger partial charge is 0.439 e. The number of anilines is 3. The molecule has 0 aromatic heterocycles. The third-order valence-electron chi connectivity index (χ3n) is 9.48. The first-order valence-corrected chi connectivity index (χ1v) is 18.6. The summed E-state index contributed by atoms with van der Waals surface area (Å²) < 4.78 is 29.5. The molecule has 1 fully saturated rings. The molecule has 6 aromatic carbocycles. The SMILES string of the molecule is CO[C@H]1O[C@H](CO)[C@@H](OC(=O)Nc2ccccc2-c2ccccc2)[C@H](OC(=O)Nc2ccccc2-c2ccccc2)[C@@H]1OC(=O)Nc1ccccc1-c1ccccc1. The van der Waals surface area contributed by atoms with E-state index in [1.54, 1.807) is 36.4 Å². The Kier molecular flexibility index (Phi) is 12.7. The topological polar surface area (TPSA) is 154 Å². The second-order valence-corrected chi connectivity index (χ2v) is 13.2. The Morgan fingerprint density at radius 1 is 0.483 bits per heavy atom. The van der Waals surface area contributed by atoms with Crippen molar-refractivity contribution in [2.45, 2.75) is 30.7 Å². The number of nitrogens with one attached hydrogen (secondary N) is 3. The summed E-state index contributed by atoms with van der Waals surface area (Å²) in [6, 6.07) is 49.8. The van der Waals surface area contributed by atoms with Gasteiger partial charge in [0.15, 0.2) is 24.6 Å². The number of aliphatic hydroxyl groups is 1. The lowest BCUT2D eigenvalue weighted by Gasteiger charge is -2.43. The Balaban J connectivity index is 1.19. The van der Waals surface area contributed by atoms with Gasteiger partial charge in [0.2, 0.25) is 0 Å². The molecule has 7 rings (SSSR count). The molecule has 1 heterocycles. The van der Waals surface area contributed by atoms with Gasteiger partial charge in [0.05, 0.1) is 23.7 Å². The van der Waals surface area contributed by atoms with Crippen LogP contribution in [-0.2, 0) is 23.7 Å². The Morgan fingerprint density at radius 3 is 1.17 bits per heavy atom. The number of amides is 3. The highest BCUT2D eigenvalue weighted by Gasteiger charge is 2.53. The molecular weight excluding hydrogens is 739 g/mol. The lowest BCUT2D eigenvalue weighted by Crippen LogP contribution is -2.63. The number of carbonyl (C=O) groups is 3. The molecule has 1 aliphatic heterocycles. The van der Waals surface area contributed by atoms with Gasteiger partial charge in [0, 0.05) is 23.8 Å². The van der Waals surface area contributed by atoms with Gasteiger partial charge in [-0.3, -0.25) is 16.0 Å². The zero-order valence-corrected chi connectivity index (χ0v) is 31.4. The van der Waals surface area contributed by atoms with E-state index < -0.39 is 55.6 Å². The van der Waals surface area contributed by atoms with E-state index in [9.17, 15) is 19.5 Å². The molecule has 0 radical (unpaired) electrons. The van der Waals surface area contributed by atoms with Crippen LogP contribution >= 0.6 is 0 Å². The molecule has 0 saturated carbocycles. The summed E-state index contributed by atoms with van der Waals surface area (Å²) >= 11 is 0. The van der Waals surface area contributed by atoms with Crippen LogP contribution in [0.4, 0.5) is 31.4 Å². The highest BCUT2D eigenvalue weighted by molar-refractivity contribution is 5.94. The summed E-state index contributed by atoms with van der Waals surface area (Å²) in [6.07, 6.45) is -10.1. The summed E-state index contributed by atoms with van der Waals surface area (Å²) in [7, 11) is 1.31. The fourth-order valence-electron chi connectivity index (χ4n) is 6.79. The maximum atomic E-state index is 13.9. The minimum atomic E-state index is -1.56. The molecule has 3 amide bonds. The van der Waals surface area contributed by atoms with Crippen LogP contribution in [0.25, 0.3) is 33.4 Å². The Labute approximate surface area is 335 Å². The molecule has 294 valence electrons. The zero-order chi connectivity index (χ0) is 40.3. The number of aliphatic hydroxyl groups excluding tert-OH is 1. The minimum absolute atomic E-state index is 0.424. The number of hydrogen-bond donors (Lipinski definition) is 4. The Bertz CT molecular complexity index is 2200. The predicted molar refractivity (Wildman–Crippen MR) is 220 cm³/mol. The van der Waals surface area contributed by atoms with Gasteiger partial charge in [-0.2, -0.15) is 0 Å². The smallest absolute Gasteiger partial charge is 0.412 e. The summed E-state index contributed by atoms with van der Waals surface area (Å²) in [5, 5.41) is 18.9. The predicted octanol–water partition coefficient (Wildman–Crippen LogP) is 9.20. The third kappa shape index (κ3) is 9.33. The van der Waals surface area contributed by atoms with Crippen LogP contribution in [0.2, 0.25) is 0 Å². The molecule has 12 nitrogen and oxygen atoms in total. The molecule has 0 aliphatic carbocycles. The highest BCUT2D eigenvalue weighted by atomic mass is 16.7. The maximum absolute atomic E-state index is 13.9. The van der Waals surface area contributed by atoms with E-state index in [1.165, 1.54) is 7.11 Å². The van der Waals surface area contributed by atoms with E-state index in [-0.39, 0.29) is 0 Å². The lowest BCUT2D eigenvalue weighted by molar-refractivity contribution is -0.290. The van der Waals surface area contributed by atoms with Gasteiger partial charge in [-0.1, -0.05) is 146 Å². The first kappa shape index (κ1) is 39.3. The van der Waals surface area contributed by atoms with Crippen LogP contribution in [-0.4, -0.2) is 67.8 Å². The van der Waals surface area contributed by atoms with E-state index in [4.69, 9.17) is 23.7 Å². The first-order chi connectivity index (χ1) is 28.4. The standard InChI is InChI=1S/C46H41N3O9/c1-54-43-42(58-46(53)49-38-28-16-13-25-35(38)32-21-9-4-10-22-32)41(57-45(52)48-37-27-15-12-24-34(37)31-19-7-3-8-20-31)40(39(29-50)55-43)56-44(51)47-36-26-14-11-23-33(36)30-17-5-2-6-18-30/h2-28,39-43,50H,29H2,1H3,(H,47,51)(H,48,52)(H,49,53)/t39-,40-,41+,42+,43+/m1/s1. The van der Waals surface area contributed by atoms with Crippen molar-refractivity contribution in [2.75, 3.05) is 29.7 Å². The highest BCUT2D eigenvalue weighted by Crippen LogP contribution is 2.34. The van der Waals surface area contributed by atoms with Gasteiger partial charge >= 0.3 is 18.3 Å².